The number of aromatic nitrogens is 5. The van der Waals surface area contributed by atoms with Gasteiger partial charge in [0.05, 0.1) is 19.8 Å². The Morgan fingerprint density at radius 2 is 1.77 bits per heavy atom. The molecule has 0 unspecified atom stereocenters. The third-order valence-electron chi connectivity index (χ3n) is 5.23. The van der Waals surface area contributed by atoms with Gasteiger partial charge in [-0.05, 0) is 12.1 Å². The predicted molar refractivity (Wildman–Crippen MR) is 126 cm³/mol. The van der Waals surface area contributed by atoms with Crippen LogP contribution in [0.2, 0.25) is 0 Å². The first-order valence-corrected chi connectivity index (χ1v) is 10.6. The SMILES string of the molecule is COc1cc(NC(=O)Cn2nc3c(-c4nc(-c5ccccc5)no4)cccn3c2=O)cc(OC)c1. The number of methoxy groups -OCH3 is 2. The highest BCUT2D eigenvalue weighted by Crippen LogP contribution is 2.26. The molecule has 0 spiro atoms. The van der Waals surface area contributed by atoms with Gasteiger partial charge in [0, 0.05) is 35.6 Å². The van der Waals surface area contributed by atoms with Crippen LogP contribution >= 0.6 is 0 Å². The van der Waals surface area contributed by atoms with Gasteiger partial charge in [-0.25, -0.2) is 13.9 Å². The average molecular weight is 472 g/mol. The number of hydrogen-bond donors (Lipinski definition) is 1. The number of rotatable bonds is 7. The van der Waals surface area contributed by atoms with E-state index in [0.29, 0.717) is 28.6 Å². The Labute approximate surface area is 198 Å². The molecule has 0 atom stereocenters. The maximum absolute atomic E-state index is 12.9. The second kappa shape index (κ2) is 9.14. The van der Waals surface area contributed by atoms with Crippen molar-refractivity contribution in [3.63, 3.8) is 0 Å². The van der Waals surface area contributed by atoms with Crippen LogP contribution in [0.15, 0.2) is 76.2 Å². The van der Waals surface area contributed by atoms with Gasteiger partial charge in [-0.3, -0.25) is 4.79 Å². The van der Waals surface area contributed by atoms with Gasteiger partial charge in [-0.1, -0.05) is 35.5 Å². The van der Waals surface area contributed by atoms with E-state index in [1.165, 1.54) is 18.6 Å². The topological polar surface area (TPSA) is 126 Å². The quantitative estimate of drug-likeness (QED) is 0.383. The fourth-order valence-electron chi connectivity index (χ4n) is 3.56. The number of fused-ring (bicyclic) bond motifs is 1. The predicted octanol–water partition coefficient (Wildman–Crippen LogP) is 2.87. The molecular weight excluding hydrogens is 452 g/mol. The van der Waals surface area contributed by atoms with Crippen LogP contribution in [0.4, 0.5) is 5.69 Å². The number of carbonyl (C=O) groups is 1. The van der Waals surface area contributed by atoms with Gasteiger partial charge < -0.3 is 19.3 Å². The second-order valence-corrected chi connectivity index (χ2v) is 7.49. The highest BCUT2D eigenvalue weighted by Gasteiger charge is 2.19. The van der Waals surface area contributed by atoms with E-state index in [1.54, 1.807) is 36.5 Å². The van der Waals surface area contributed by atoms with Gasteiger partial charge >= 0.3 is 5.69 Å². The van der Waals surface area contributed by atoms with Gasteiger partial charge in [-0.15, -0.1) is 5.10 Å². The number of nitrogens with one attached hydrogen (secondary N) is 1. The summed E-state index contributed by atoms with van der Waals surface area (Å²) in [4.78, 5) is 30.0. The summed E-state index contributed by atoms with van der Waals surface area (Å²) in [5, 5.41) is 11.1. The summed E-state index contributed by atoms with van der Waals surface area (Å²) in [6.07, 6.45) is 1.56. The Morgan fingerprint density at radius 3 is 2.49 bits per heavy atom. The molecule has 176 valence electrons. The van der Waals surface area contributed by atoms with E-state index in [1.807, 2.05) is 30.3 Å². The summed E-state index contributed by atoms with van der Waals surface area (Å²) in [6, 6.07) is 17.7. The largest absolute Gasteiger partial charge is 0.497 e. The van der Waals surface area contributed by atoms with Crippen molar-refractivity contribution in [1.82, 2.24) is 24.3 Å². The zero-order valence-corrected chi connectivity index (χ0v) is 18.8. The van der Waals surface area contributed by atoms with Crippen molar-refractivity contribution in [2.75, 3.05) is 19.5 Å². The molecule has 3 aromatic heterocycles. The first-order chi connectivity index (χ1) is 17.1. The lowest BCUT2D eigenvalue weighted by Gasteiger charge is -2.09. The molecular formula is C24H20N6O5. The van der Waals surface area contributed by atoms with Gasteiger partial charge in [0.2, 0.25) is 11.7 Å². The van der Waals surface area contributed by atoms with Crippen LogP contribution in [0.1, 0.15) is 0 Å². The fraction of sp³-hybridized carbons (Fsp3) is 0.125. The molecule has 0 saturated heterocycles. The molecule has 2 aromatic carbocycles. The molecule has 0 aliphatic heterocycles. The standard InChI is InChI=1S/C24H20N6O5/c1-33-17-11-16(12-18(13-17)34-2)25-20(31)14-30-24(32)29-10-6-9-19(22(29)27-30)23-26-21(28-35-23)15-7-4-3-5-8-15/h3-13H,14H2,1-2H3,(H,25,31). The van der Waals surface area contributed by atoms with Gasteiger partial charge in [-0.2, -0.15) is 4.98 Å². The molecule has 35 heavy (non-hydrogen) atoms. The van der Waals surface area contributed by atoms with Crippen LogP contribution < -0.4 is 20.5 Å². The average Bonchev–Trinajstić information content (AvgIpc) is 3.49. The summed E-state index contributed by atoms with van der Waals surface area (Å²) in [7, 11) is 3.03. The van der Waals surface area contributed by atoms with Gasteiger partial charge in [0.15, 0.2) is 5.65 Å². The van der Waals surface area contributed by atoms with Crippen molar-refractivity contribution in [1.29, 1.82) is 0 Å². The van der Waals surface area contributed by atoms with Crippen LogP contribution in [0.3, 0.4) is 0 Å². The maximum Gasteiger partial charge on any atom is 0.350 e. The van der Waals surface area contributed by atoms with Gasteiger partial charge in [0.1, 0.15) is 18.0 Å². The number of anilines is 1. The van der Waals surface area contributed by atoms with E-state index < -0.39 is 11.6 Å². The number of ether oxygens (including phenoxy) is 2. The van der Waals surface area contributed by atoms with Crippen molar-refractivity contribution < 1.29 is 18.8 Å². The van der Waals surface area contributed by atoms with Crippen molar-refractivity contribution in [3.8, 4) is 34.3 Å². The minimum atomic E-state index is -0.483. The van der Waals surface area contributed by atoms with Gasteiger partial charge in [0.25, 0.3) is 5.89 Å². The fourth-order valence-corrected chi connectivity index (χ4v) is 3.56. The zero-order valence-electron chi connectivity index (χ0n) is 18.8. The van der Waals surface area contributed by atoms with Crippen LogP contribution in [0.25, 0.3) is 28.5 Å². The minimum Gasteiger partial charge on any atom is -0.497 e. The molecule has 3 heterocycles. The Balaban J connectivity index is 1.43. The third kappa shape index (κ3) is 4.34. The van der Waals surface area contributed by atoms with E-state index in [4.69, 9.17) is 14.0 Å². The third-order valence-corrected chi connectivity index (χ3v) is 5.23. The molecule has 11 nitrogen and oxygen atoms in total. The second-order valence-electron chi connectivity index (χ2n) is 7.49. The number of nitrogens with zero attached hydrogens (tertiary/aromatic N) is 5. The van der Waals surface area contributed by atoms with E-state index in [2.05, 4.69) is 20.6 Å². The number of amides is 1. The first kappa shape index (κ1) is 21.9. The minimum absolute atomic E-state index is 0.208. The number of hydrogen-bond acceptors (Lipinski definition) is 8. The van der Waals surface area contributed by atoms with Crippen molar-refractivity contribution >= 4 is 17.2 Å². The monoisotopic (exact) mass is 472 g/mol. The lowest BCUT2D eigenvalue weighted by molar-refractivity contribution is -0.117. The summed E-state index contributed by atoms with van der Waals surface area (Å²) in [5.41, 5.74) is 1.53. The summed E-state index contributed by atoms with van der Waals surface area (Å²) in [6.45, 7) is -0.307. The Hall–Kier alpha value is -4.93. The molecule has 1 N–H and O–H groups in total. The Kier molecular flexibility index (Phi) is 5.71. The lowest BCUT2D eigenvalue weighted by Crippen LogP contribution is -2.28. The number of benzene rings is 2. The van der Waals surface area contributed by atoms with Crippen molar-refractivity contribution in [3.05, 3.63) is 77.3 Å². The smallest absolute Gasteiger partial charge is 0.350 e. The molecule has 0 radical (unpaired) electrons. The lowest BCUT2D eigenvalue weighted by atomic mass is 10.2. The molecule has 11 heteroatoms. The molecule has 5 aromatic rings. The summed E-state index contributed by atoms with van der Waals surface area (Å²) in [5.74, 6) is 1.21. The molecule has 0 saturated carbocycles. The van der Waals surface area contributed by atoms with Crippen molar-refractivity contribution in [2.45, 2.75) is 6.54 Å². The highest BCUT2D eigenvalue weighted by atomic mass is 16.5. The molecule has 0 aliphatic carbocycles. The van der Waals surface area contributed by atoms with Crippen LogP contribution in [-0.4, -0.2) is 44.4 Å². The maximum atomic E-state index is 12.9. The van der Waals surface area contributed by atoms with E-state index >= 15 is 0 Å². The van der Waals surface area contributed by atoms with E-state index in [0.717, 1.165) is 10.2 Å². The van der Waals surface area contributed by atoms with Crippen molar-refractivity contribution in [2.24, 2.45) is 0 Å². The molecule has 0 fully saturated rings. The first-order valence-electron chi connectivity index (χ1n) is 10.6. The normalized spacial score (nSPS) is 10.9. The zero-order chi connectivity index (χ0) is 24.4. The van der Waals surface area contributed by atoms with E-state index in [9.17, 15) is 9.59 Å². The van der Waals surface area contributed by atoms with Crippen LogP contribution in [0, 0.1) is 0 Å². The summed E-state index contributed by atoms with van der Waals surface area (Å²) >= 11 is 0. The van der Waals surface area contributed by atoms with Crippen LogP contribution in [0.5, 0.6) is 11.5 Å². The Bertz CT molecular complexity index is 1550. The number of carbonyl (C=O) groups excluding carboxylic acids is 1. The number of pyridine rings is 1. The Morgan fingerprint density at radius 1 is 1.03 bits per heavy atom. The molecule has 0 aliphatic rings. The molecule has 0 bridgehead atoms. The molecule has 1 amide bonds. The van der Waals surface area contributed by atoms with E-state index in [-0.39, 0.29) is 18.1 Å². The summed E-state index contributed by atoms with van der Waals surface area (Å²) < 4.78 is 18.3. The molecule has 5 rings (SSSR count). The highest BCUT2D eigenvalue weighted by molar-refractivity contribution is 5.91. The van der Waals surface area contributed by atoms with Crippen LogP contribution in [-0.2, 0) is 11.3 Å².